The first-order valence-electron chi connectivity index (χ1n) is 6.98. The molecule has 0 radical (unpaired) electrons. The first kappa shape index (κ1) is 14.7. The summed E-state index contributed by atoms with van der Waals surface area (Å²) >= 11 is 0. The molecule has 1 aliphatic heterocycles. The number of carbonyl (C=O) groups excluding carboxylic acids is 1. The van der Waals surface area contributed by atoms with Crippen LogP contribution in [0, 0.1) is 12.7 Å². The zero-order valence-corrected chi connectivity index (χ0v) is 12.0. The Kier molecular flexibility index (Phi) is 4.90. The Morgan fingerprint density at radius 2 is 2.35 bits per heavy atom. The first-order chi connectivity index (χ1) is 9.56. The Bertz CT molecular complexity index is 513. The third-order valence-electron chi connectivity index (χ3n) is 3.79. The summed E-state index contributed by atoms with van der Waals surface area (Å²) in [5.41, 5.74) is 1.41. The molecule has 1 fully saturated rings. The van der Waals surface area contributed by atoms with Gasteiger partial charge in [0.25, 0.3) is 0 Å². The van der Waals surface area contributed by atoms with Gasteiger partial charge in [-0.25, -0.2) is 4.39 Å². The van der Waals surface area contributed by atoms with Crippen LogP contribution in [0.5, 0.6) is 0 Å². The second-order valence-corrected chi connectivity index (χ2v) is 5.36. The Morgan fingerprint density at radius 3 is 3.00 bits per heavy atom. The van der Waals surface area contributed by atoms with Crippen molar-refractivity contribution in [3.63, 3.8) is 0 Å². The van der Waals surface area contributed by atoms with Crippen LogP contribution in [0.2, 0.25) is 0 Å². The van der Waals surface area contributed by atoms with Crippen molar-refractivity contribution in [2.75, 3.05) is 20.1 Å². The Hall–Kier alpha value is -1.68. The molecule has 1 unspecified atom stereocenters. The molecule has 1 heterocycles. The number of hydrogen-bond acceptors (Lipinski definition) is 2. The van der Waals surface area contributed by atoms with Gasteiger partial charge in [-0.05, 0) is 62.7 Å². The SMILES string of the molecule is Cc1cc(/C=C/C(=O)NCC2CCCN2C)ccc1F. The summed E-state index contributed by atoms with van der Waals surface area (Å²) in [6.07, 6.45) is 5.54. The van der Waals surface area contributed by atoms with Crippen LogP contribution in [0.4, 0.5) is 4.39 Å². The average Bonchev–Trinajstić information content (AvgIpc) is 2.83. The molecule has 3 nitrogen and oxygen atoms in total. The summed E-state index contributed by atoms with van der Waals surface area (Å²) in [7, 11) is 2.08. The molecule has 0 aliphatic carbocycles. The van der Waals surface area contributed by atoms with Crippen LogP contribution in [0.15, 0.2) is 24.3 Å². The minimum atomic E-state index is -0.226. The molecule has 1 aromatic rings. The highest BCUT2D eigenvalue weighted by Gasteiger charge is 2.20. The number of halogens is 1. The summed E-state index contributed by atoms with van der Waals surface area (Å²) in [5.74, 6) is -0.330. The molecule has 1 amide bonds. The van der Waals surface area contributed by atoms with E-state index in [0.29, 0.717) is 18.2 Å². The van der Waals surface area contributed by atoms with Gasteiger partial charge in [0.2, 0.25) is 5.91 Å². The molecule has 1 aromatic carbocycles. The predicted molar refractivity (Wildman–Crippen MR) is 78.8 cm³/mol. The lowest BCUT2D eigenvalue weighted by Gasteiger charge is -2.19. The standard InChI is InChI=1S/C16H21FN2O/c1-12-10-13(5-7-15(12)17)6-8-16(20)18-11-14-4-3-9-19(14)2/h5-8,10,14H,3-4,9,11H2,1-2H3,(H,18,20)/b8-6+. The Labute approximate surface area is 119 Å². The Balaban J connectivity index is 1.84. The predicted octanol–water partition coefficient (Wildman–Crippen LogP) is 2.36. The number of rotatable bonds is 4. The number of hydrogen-bond donors (Lipinski definition) is 1. The van der Waals surface area contributed by atoms with Gasteiger partial charge in [0.05, 0.1) is 0 Å². The van der Waals surface area contributed by atoms with Gasteiger partial charge in [-0.1, -0.05) is 6.07 Å². The van der Waals surface area contributed by atoms with Crippen molar-refractivity contribution in [2.24, 2.45) is 0 Å². The zero-order valence-electron chi connectivity index (χ0n) is 12.0. The lowest BCUT2D eigenvalue weighted by atomic mass is 10.1. The van der Waals surface area contributed by atoms with Crippen molar-refractivity contribution in [3.8, 4) is 0 Å². The summed E-state index contributed by atoms with van der Waals surface area (Å²) in [6.45, 7) is 3.50. The third kappa shape index (κ3) is 3.90. The molecular formula is C16H21FN2O. The van der Waals surface area contributed by atoms with E-state index in [4.69, 9.17) is 0 Å². The second kappa shape index (κ2) is 6.66. The van der Waals surface area contributed by atoms with E-state index >= 15 is 0 Å². The zero-order chi connectivity index (χ0) is 14.5. The van der Waals surface area contributed by atoms with Crippen molar-refractivity contribution in [1.29, 1.82) is 0 Å². The molecule has 0 bridgehead atoms. The van der Waals surface area contributed by atoms with Gasteiger partial charge in [-0.3, -0.25) is 4.79 Å². The quantitative estimate of drug-likeness (QED) is 0.856. The van der Waals surface area contributed by atoms with Crippen LogP contribution in [0.3, 0.4) is 0 Å². The highest BCUT2D eigenvalue weighted by atomic mass is 19.1. The summed E-state index contributed by atoms with van der Waals surface area (Å²) in [5, 5.41) is 2.91. The van der Waals surface area contributed by atoms with Gasteiger partial charge < -0.3 is 10.2 Å². The number of benzene rings is 1. The molecule has 1 aliphatic rings. The molecule has 4 heteroatoms. The van der Waals surface area contributed by atoms with Crippen LogP contribution in [-0.4, -0.2) is 37.0 Å². The van der Waals surface area contributed by atoms with Gasteiger partial charge in [-0.2, -0.15) is 0 Å². The van der Waals surface area contributed by atoms with Crippen LogP contribution in [-0.2, 0) is 4.79 Å². The first-order valence-corrected chi connectivity index (χ1v) is 6.98. The van der Waals surface area contributed by atoms with Crippen LogP contribution in [0.1, 0.15) is 24.0 Å². The molecule has 0 aromatic heterocycles. The van der Waals surface area contributed by atoms with Crippen LogP contribution >= 0.6 is 0 Å². The van der Waals surface area contributed by atoms with Gasteiger partial charge in [0, 0.05) is 18.7 Å². The minimum Gasteiger partial charge on any atom is -0.351 e. The number of likely N-dealkylation sites (N-methyl/N-ethyl adjacent to an activating group) is 1. The average molecular weight is 276 g/mol. The fraction of sp³-hybridized carbons (Fsp3) is 0.438. The number of nitrogens with zero attached hydrogens (tertiary/aromatic N) is 1. The number of likely N-dealkylation sites (tertiary alicyclic amines) is 1. The van der Waals surface area contributed by atoms with Gasteiger partial charge in [-0.15, -0.1) is 0 Å². The maximum absolute atomic E-state index is 13.1. The summed E-state index contributed by atoms with van der Waals surface area (Å²) < 4.78 is 13.1. The van der Waals surface area contributed by atoms with E-state index in [2.05, 4.69) is 17.3 Å². The largest absolute Gasteiger partial charge is 0.351 e. The topological polar surface area (TPSA) is 32.3 Å². The number of amides is 1. The lowest BCUT2D eigenvalue weighted by Crippen LogP contribution is -2.37. The molecule has 1 saturated heterocycles. The molecule has 2 rings (SSSR count). The monoisotopic (exact) mass is 276 g/mol. The fourth-order valence-corrected chi connectivity index (χ4v) is 2.46. The van der Waals surface area contributed by atoms with Gasteiger partial charge in [0.15, 0.2) is 0 Å². The summed E-state index contributed by atoms with van der Waals surface area (Å²) in [6, 6.07) is 5.25. The van der Waals surface area contributed by atoms with E-state index in [1.165, 1.54) is 18.6 Å². The van der Waals surface area contributed by atoms with E-state index in [9.17, 15) is 9.18 Å². The molecule has 0 spiro atoms. The lowest BCUT2D eigenvalue weighted by molar-refractivity contribution is -0.116. The number of aryl methyl sites for hydroxylation is 1. The molecule has 108 valence electrons. The van der Waals surface area contributed by atoms with Crippen molar-refractivity contribution < 1.29 is 9.18 Å². The molecule has 1 N–H and O–H groups in total. The number of carbonyl (C=O) groups is 1. The highest BCUT2D eigenvalue weighted by Crippen LogP contribution is 2.13. The number of nitrogens with one attached hydrogen (secondary N) is 1. The van der Waals surface area contributed by atoms with Crippen LogP contribution < -0.4 is 5.32 Å². The minimum absolute atomic E-state index is 0.104. The van der Waals surface area contributed by atoms with E-state index < -0.39 is 0 Å². The van der Waals surface area contributed by atoms with Gasteiger partial charge in [0.1, 0.15) is 5.82 Å². The molecule has 1 atom stereocenters. The Morgan fingerprint density at radius 1 is 1.55 bits per heavy atom. The fourth-order valence-electron chi connectivity index (χ4n) is 2.46. The maximum Gasteiger partial charge on any atom is 0.244 e. The van der Waals surface area contributed by atoms with Crippen molar-refractivity contribution in [3.05, 3.63) is 41.2 Å². The molecular weight excluding hydrogens is 255 g/mol. The highest BCUT2D eigenvalue weighted by molar-refractivity contribution is 5.91. The van der Waals surface area contributed by atoms with Crippen molar-refractivity contribution in [1.82, 2.24) is 10.2 Å². The summed E-state index contributed by atoms with van der Waals surface area (Å²) in [4.78, 5) is 14.0. The second-order valence-electron chi connectivity index (χ2n) is 5.36. The third-order valence-corrected chi connectivity index (χ3v) is 3.79. The molecule has 20 heavy (non-hydrogen) atoms. The van der Waals surface area contributed by atoms with Crippen molar-refractivity contribution in [2.45, 2.75) is 25.8 Å². The van der Waals surface area contributed by atoms with Crippen molar-refractivity contribution >= 4 is 12.0 Å². The van der Waals surface area contributed by atoms with E-state index in [1.54, 1.807) is 25.1 Å². The van der Waals surface area contributed by atoms with E-state index in [0.717, 1.165) is 18.5 Å². The smallest absolute Gasteiger partial charge is 0.244 e. The normalized spacial score (nSPS) is 19.6. The molecule has 0 saturated carbocycles. The van der Waals surface area contributed by atoms with Gasteiger partial charge >= 0.3 is 0 Å². The van der Waals surface area contributed by atoms with Crippen LogP contribution in [0.25, 0.3) is 6.08 Å². The van der Waals surface area contributed by atoms with E-state index in [1.807, 2.05) is 0 Å². The maximum atomic E-state index is 13.1. The van der Waals surface area contributed by atoms with E-state index in [-0.39, 0.29) is 11.7 Å².